The Morgan fingerprint density at radius 2 is 2.13 bits per heavy atom. The number of piperidine rings is 1. The molecule has 0 bridgehead atoms. The molecular weight excluding hydrogens is 400 g/mol. The second-order valence-corrected chi connectivity index (χ2v) is 8.65. The molecule has 0 unspecified atom stereocenters. The molecule has 1 saturated heterocycles. The summed E-state index contributed by atoms with van der Waals surface area (Å²) in [4.78, 5) is 19.8. The van der Waals surface area contributed by atoms with E-state index in [0.717, 1.165) is 36.3 Å². The third-order valence-electron chi connectivity index (χ3n) is 5.60. The number of carbonyl (C=O) groups excluding carboxylic acids is 1. The SMILES string of the molecule is CC(C)c1cc(C(=O)N2CCCC[C@H]2c2ncc(Cc3cccc(Cl)c3)o2)n(C)n1. The van der Waals surface area contributed by atoms with E-state index in [9.17, 15) is 4.79 Å². The highest BCUT2D eigenvalue weighted by Gasteiger charge is 2.33. The predicted molar refractivity (Wildman–Crippen MR) is 116 cm³/mol. The van der Waals surface area contributed by atoms with Crippen LogP contribution in [0.2, 0.25) is 5.02 Å². The number of aryl methyl sites for hydroxylation is 1. The largest absolute Gasteiger partial charge is 0.443 e. The van der Waals surface area contributed by atoms with Crippen LogP contribution in [-0.2, 0) is 13.5 Å². The smallest absolute Gasteiger partial charge is 0.272 e. The van der Waals surface area contributed by atoms with Crippen LogP contribution in [-0.4, -0.2) is 32.1 Å². The van der Waals surface area contributed by atoms with Crippen molar-refractivity contribution in [3.63, 3.8) is 0 Å². The van der Waals surface area contributed by atoms with Gasteiger partial charge in [-0.2, -0.15) is 5.10 Å². The van der Waals surface area contributed by atoms with Gasteiger partial charge < -0.3 is 9.32 Å². The topological polar surface area (TPSA) is 64.2 Å². The van der Waals surface area contributed by atoms with Gasteiger partial charge in [-0.3, -0.25) is 9.48 Å². The molecule has 1 aliphatic rings. The highest BCUT2D eigenvalue weighted by Crippen LogP contribution is 2.32. The van der Waals surface area contributed by atoms with E-state index in [1.807, 2.05) is 42.3 Å². The molecule has 0 aliphatic carbocycles. The van der Waals surface area contributed by atoms with Crippen LogP contribution in [0.5, 0.6) is 0 Å². The Hall–Kier alpha value is -2.60. The molecule has 0 spiro atoms. The van der Waals surface area contributed by atoms with Crippen LogP contribution < -0.4 is 0 Å². The Morgan fingerprint density at radius 1 is 1.30 bits per heavy atom. The first-order valence-electron chi connectivity index (χ1n) is 10.5. The number of likely N-dealkylation sites (tertiary alicyclic amines) is 1. The molecule has 30 heavy (non-hydrogen) atoms. The first-order valence-corrected chi connectivity index (χ1v) is 10.8. The van der Waals surface area contributed by atoms with Crippen LogP contribution in [0, 0.1) is 0 Å². The Labute approximate surface area is 181 Å². The van der Waals surface area contributed by atoms with Gasteiger partial charge in [0, 0.05) is 25.0 Å². The van der Waals surface area contributed by atoms with Crippen LogP contribution >= 0.6 is 11.6 Å². The molecule has 158 valence electrons. The lowest BCUT2D eigenvalue weighted by atomic mass is 10.0. The highest BCUT2D eigenvalue weighted by atomic mass is 35.5. The summed E-state index contributed by atoms with van der Waals surface area (Å²) in [6.45, 7) is 4.85. The second kappa shape index (κ2) is 8.64. The maximum atomic E-state index is 13.4. The fraction of sp³-hybridized carbons (Fsp3) is 0.435. The monoisotopic (exact) mass is 426 g/mol. The van der Waals surface area contributed by atoms with Crippen molar-refractivity contribution in [3.05, 3.63) is 70.2 Å². The van der Waals surface area contributed by atoms with E-state index in [-0.39, 0.29) is 17.9 Å². The number of benzene rings is 1. The molecule has 4 rings (SSSR count). The normalized spacial score (nSPS) is 17.0. The average Bonchev–Trinajstić information content (AvgIpc) is 3.34. The van der Waals surface area contributed by atoms with E-state index in [0.29, 0.717) is 29.6 Å². The van der Waals surface area contributed by atoms with Gasteiger partial charge in [-0.1, -0.05) is 37.6 Å². The molecule has 1 amide bonds. The van der Waals surface area contributed by atoms with Crippen LogP contribution in [0.4, 0.5) is 0 Å². The summed E-state index contributed by atoms with van der Waals surface area (Å²) in [7, 11) is 1.83. The van der Waals surface area contributed by atoms with Crippen molar-refractivity contribution in [1.82, 2.24) is 19.7 Å². The zero-order valence-electron chi connectivity index (χ0n) is 17.6. The van der Waals surface area contributed by atoms with E-state index in [2.05, 4.69) is 23.9 Å². The maximum Gasteiger partial charge on any atom is 0.272 e. The molecule has 1 atom stereocenters. The number of halogens is 1. The van der Waals surface area contributed by atoms with Crippen molar-refractivity contribution in [3.8, 4) is 0 Å². The lowest BCUT2D eigenvalue weighted by molar-refractivity contribution is 0.0558. The minimum absolute atomic E-state index is 0.0174. The molecule has 3 aromatic rings. The van der Waals surface area contributed by atoms with Gasteiger partial charge in [0.25, 0.3) is 5.91 Å². The molecule has 1 fully saturated rings. The molecule has 0 N–H and O–H groups in total. The van der Waals surface area contributed by atoms with E-state index in [1.54, 1.807) is 10.9 Å². The average molecular weight is 427 g/mol. The Morgan fingerprint density at radius 3 is 2.87 bits per heavy atom. The van der Waals surface area contributed by atoms with Crippen LogP contribution in [0.25, 0.3) is 0 Å². The quantitative estimate of drug-likeness (QED) is 0.566. The van der Waals surface area contributed by atoms with Crippen molar-refractivity contribution in [1.29, 1.82) is 0 Å². The summed E-state index contributed by atoms with van der Waals surface area (Å²) >= 11 is 6.09. The van der Waals surface area contributed by atoms with Gasteiger partial charge in [0.2, 0.25) is 5.89 Å². The van der Waals surface area contributed by atoms with E-state index in [4.69, 9.17) is 16.0 Å². The number of oxazole rings is 1. The van der Waals surface area contributed by atoms with Crippen LogP contribution in [0.15, 0.2) is 40.9 Å². The molecule has 3 heterocycles. The molecule has 6 nitrogen and oxygen atoms in total. The van der Waals surface area contributed by atoms with Crippen molar-refractivity contribution >= 4 is 17.5 Å². The number of hydrogen-bond acceptors (Lipinski definition) is 4. The summed E-state index contributed by atoms with van der Waals surface area (Å²) < 4.78 is 7.77. The van der Waals surface area contributed by atoms with Gasteiger partial charge in [-0.15, -0.1) is 0 Å². The summed E-state index contributed by atoms with van der Waals surface area (Å²) in [6, 6.07) is 9.46. The minimum Gasteiger partial charge on any atom is -0.443 e. The van der Waals surface area contributed by atoms with E-state index < -0.39 is 0 Å². The molecule has 0 saturated carbocycles. The van der Waals surface area contributed by atoms with E-state index in [1.165, 1.54) is 0 Å². The molecule has 0 radical (unpaired) electrons. The fourth-order valence-electron chi connectivity index (χ4n) is 3.96. The van der Waals surface area contributed by atoms with Crippen molar-refractivity contribution in [2.24, 2.45) is 7.05 Å². The lowest BCUT2D eigenvalue weighted by Crippen LogP contribution is -2.39. The van der Waals surface area contributed by atoms with Crippen molar-refractivity contribution < 1.29 is 9.21 Å². The zero-order valence-corrected chi connectivity index (χ0v) is 18.4. The Bertz CT molecular complexity index is 1040. The zero-order chi connectivity index (χ0) is 21.3. The van der Waals surface area contributed by atoms with Gasteiger partial charge in [0.1, 0.15) is 17.5 Å². The number of hydrogen-bond donors (Lipinski definition) is 0. The summed E-state index contributed by atoms with van der Waals surface area (Å²) in [5.41, 5.74) is 2.60. The minimum atomic E-state index is -0.156. The van der Waals surface area contributed by atoms with Crippen molar-refractivity contribution in [2.45, 2.75) is 51.5 Å². The molecule has 1 aromatic carbocycles. The number of rotatable bonds is 5. The molecule has 7 heteroatoms. The maximum absolute atomic E-state index is 13.4. The van der Waals surface area contributed by atoms with Crippen molar-refractivity contribution in [2.75, 3.05) is 6.54 Å². The Balaban J connectivity index is 1.55. The van der Waals surface area contributed by atoms with Crippen LogP contribution in [0.3, 0.4) is 0 Å². The first kappa shape index (κ1) is 20.7. The number of nitrogens with zero attached hydrogens (tertiary/aromatic N) is 4. The number of aromatic nitrogens is 3. The van der Waals surface area contributed by atoms with Gasteiger partial charge in [-0.05, 0) is 48.9 Å². The fourth-order valence-corrected chi connectivity index (χ4v) is 4.17. The Kier molecular flexibility index (Phi) is 5.95. The van der Waals surface area contributed by atoms with Crippen LogP contribution in [0.1, 0.15) is 78.5 Å². The molecule has 2 aromatic heterocycles. The number of amides is 1. The highest BCUT2D eigenvalue weighted by molar-refractivity contribution is 6.30. The second-order valence-electron chi connectivity index (χ2n) is 8.21. The number of carbonyl (C=O) groups is 1. The summed E-state index contributed by atoms with van der Waals surface area (Å²) in [6.07, 6.45) is 5.25. The predicted octanol–water partition coefficient (Wildman–Crippen LogP) is 5.14. The standard InChI is InChI=1S/C23H27ClN4O2/c1-15(2)19-13-21(27(3)26-19)23(29)28-10-5-4-9-20(28)22-25-14-18(30-22)12-16-7-6-8-17(24)11-16/h6-8,11,13-15,20H,4-5,9-10,12H2,1-3H3/t20-/m0/s1. The van der Waals surface area contributed by atoms with E-state index >= 15 is 0 Å². The van der Waals surface area contributed by atoms with Gasteiger partial charge in [-0.25, -0.2) is 4.98 Å². The van der Waals surface area contributed by atoms with Gasteiger partial charge in [0.15, 0.2) is 0 Å². The third kappa shape index (κ3) is 4.29. The molecular formula is C23H27ClN4O2. The van der Waals surface area contributed by atoms with Gasteiger partial charge >= 0.3 is 0 Å². The first-order chi connectivity index (χ1) is 14.4. The third-order valence-corrected chi connectivity index (χ3v) is 5.83. The lowest BCUT2D eigenvalue weighted by Gasteiger charge is -2.33. The van der Waals surface area contributed by atoms with Gasteiger partial charge in [0.05, 0.1) is 11.9 Å². The summed E-state index contributed by atoms with van der Waals surface area (Å²) in [5, 5.41) is 5.20. The summed E-state index contributed by atoms with van der Waals surface area (Å²) in [5.74, 6) is 1.63. The molecule has 1 aliphatic heterocycles.